The van der Waals surface area contributed by atoms with E-state index in [2.05, 4.69) is 23.5 Å². The van der Waals surface area contributed by atoms with Crippen LogP contribution in [0.1, 0.15) is 15.3 Å². The molecule has 0 spiro atoms. The normalized spacial score (nSPS) is 10.7. The van der Waals surface area contributed by atoms with Gasteiger partial charge in [0.15, 0.2) is 0 Å². The van der Waals surface area contributed by atoms with Gasteiger partial charge in [0.25, 0.3) is 0 Å². The van der Waals surface area contributed by atoms with Crippen molar-refractivity contribution in [2.24, 2.45) is 5.10 Å². The van der Waals surface area contributed by atoms with Gasteiger partial charge < -0.3 is 4.74 Å². The van der Waals surface area contributed by atoms with Crippen molar-refractivity contribution in [3.63, 3.8) is 0 Å². The van der Waals surface area contributed by atoms with Crippen molar-refractivity contribution in [1.82, 2.24) is 5.43 Å². The van der Waals surface area contributed by atoms with Gasteiger partial charge in [0.2, 0.25) is 0 Å². The maximum atomic E-state index is 5.27. The highest BCUT2D eigenvalue weighted by atomic mass is 32.1. The number of nitrogens with one attached hydrogen (secondary N) is 1. The minimum Gasteiger partial charge on any atom is -0.497 e. The number of benzene rings is 1. The van der Waals surface area contributed by atoms with Crippen molar-refractivity contribution in [1.29, 1.82) is 0 Å². The Hall–Kier alpha value is -1.72. The summed E-state index contributed by atoms with van der Waals surface area (Å²) in [6.45, 7) is 2.07. The topological polar surface area (TPSA) is 33.6 Å². The Kier molecular flexibility index (Phi) is 5.26. The molecule has 0 atom stereocenters. The number of methoxy groups -OCH3 is 1. The average Bonchev–Trinajstić information content (AvgIpc) is 2.85. The molecule has 20 heavy (non-hydrogen) atoms. The molecule has 0 bridgehead atoms. The van der Waals surface area contributed by atoms with E-state index in [0.29, 0.717) is 11.4 Å². The first-order valence-electron chi connectivity index (χ1n) is 6.18. The number of hydrazone groups is 1. The van der Waals surface area contributed by atoms with Gasteiger partial charge in [0, 0.05) is 16.2 Å². The zero-order valence-electron chi connectivity index (χ0n) is 11.4. The summed E-state index contributed by atoms with van der Waals surface area (Å²) in [7, 11) is 1.65. The minimum atomic E-state index is 0.667. The number of rotatable bonds is 5. The number of thiocarbonyl (C=S) groups is 1. The van der Waals surface area contributed by atoms with Crippen LogP contribution in [0.15, 0.2) is 41.5 Å². The molecular weight excluding hydrogens is 288 g/mol. The zero-order valence-corrected chi connectivity index (χ0v) is 13.1. The fourth-order valence-electron chi connectivity index (χ4n) is 1.66. The summed E-state index contributed by atoms with van der Waals surface area (Å²) < 4.78 is 5.12. The maximum absolute atomic E-state index is 5.27. The quantitative estimate of drug-likeness (QED) is 0.521. The molecule has 5 heteroatoms. The lowest BCUT2D eigenvalue weighted by molar-refractivity contribution is 0.414. The van der Waals surface area contributed by atoms with E-state index in [9.17, 15) is 0 Å². The summed E-state index contributed by atoms with van der Waals surface area (Å²) in [4.78, 5) is 3.08. The van der Waals surface area contributed by atoms with Crippen LogP contribution >= 0.6 is 23.6 Å². The number of ether oxygens (including phenoxy) is 1. The van der Waals surface area contributed by atoms with Crippen molar-refractivity contribution < 1.29 is 4.74 Å². The summed E-state index contributed by atoms with van der Waals surface area (Å²) in [6, 6.07) is 12.0. The largest absolute Gasteiger partial charge is 0.497 e. The molecule has 0 aliphatic carbocycles. The lowest BCUT2D eigenvalue weighted by Crippen LogP contribution is -2.17. The van der Waals surface area contributed by atoms with E-state index in [1.807, 2.05) is 30.3 Å². The van der Waals surface area contributed by atoms with Gasteiger partial charge in [-0.3, -0.25) is 5.43 Å². The molecule has 0 aliphatic heterocycles. The van der Waals surface area contributed by atoms with Crippen LogP contribution in [-0.2, 0) is 6.42 Å². The zero-order chi connectivity index (χ0) is 14.4. The van der Waals surface area contributed by atoms with Crippen LogP contribution in [0.2, 0.25) is 0 Å². The first kappa shape index (κ1) is 14.7. The number of hydrogen-bond acceptors (Lipinski definition) is 4. The molecule has 104 valence electrons. The van der Waals surface area contributed by atoms with Crippen molar-refractivity contribution >= 4 is 34.8 Å². The van der Waals surface area contributed by atoms with Crippen molar-refractivity contribution in [3.8, 4) is 5.75 Å². The van der Waals surface area contributed by atoms with E-state index in [4.69, 9.17) is 17.0 Å². The number of nitrogens with zero attached hydrogens (tertiary/aromatic N) is 1. The fourth-order valence-corrected chi connectivity index (χ4v) is 2.63. The van der Waals surface area contributed by atoms with Gasteiger partial charge in [0.05, 0.1) is 13.3 Å². The summed E-state index contributed by atoms with van der Waals surface area (Å²) in [5, 5.41) is 4.15. The number of thiophene rings is 1. The Bertz CT molecular complexity index is 603. The molecule has 2 rings (SSSR count). The smallest absolute Gasteiger partial charge is 0.118 e. The molecule has 0 unspecified atom stereocenters. The summed E-state index contributed by atoms with van der Waals surface area (Å²) in [6.07, 6.45) is 2.46. The third-order valence-corrected chi connectivity index (χ3v) is 3.84. The first-order valence-corrected chi connectivity index (χ1v) is 7.41. The standard InChI is InChI=1S/C15H16N2OS2/c1-11-3-8-14(20-11)10-16-17-15(19)9-12-4-6-13(18-2)7-5-12/h3-8,10H,9H2,1-2H3,(H,17,19). The monoisotopic (exact) mass is 304 g/mol. The lowest BCUT2D eigenvalue weighted by atomic mass is 10.1. The molecule has 1 aromatic heterocycles. The Labute approximate surface area is 128 Å². The van der Waals surface area contributed by atoms with E-state index in [1.165, 1.54) is 4.88 Å². The van der Waals surface area contributed by atoms with Gasteiger partial charge in [-0.25, -0.2) is 0 Å². The fraction of sp³-hybridized carbons (Fsp3) is 0.200. The molecule has 3 nitrogen and oxygen atoms in total. The number of aryl methyl sites for hydroxylation is 1. The Morgan fingerprint density at radius 2 is 2.05 bits per heavy atom. The van der Waals surface area contributed by atoms with E-state index in [1.54, 1.807) is 24.7 Å². The molecule has 0 aliphatic rings. The van der Waals surface area contributed by atoms with Crippen LogP contribution in [0.5, 0.6) is 5.75 Å². The predicted octanol–water partition coefficient (Wildman–Crippen LogP) is 3.56. The van der Waals surface area contributed by atoms with Crippen LogP contribution < -0.4 is 10.2 Å². The van der Waals surface area contributed by atoms with Crippen LogP contribution in [0, 0.1) is 6.92 Å². The van der Waals surface area contributed by atoms with Gasteiger partial charge in [-0.05, 0) is 36.8 Å². The molecule has 0 fully saturated rings. The van der Waals surface area contributed by atoms with Gasteiger partial charge in [-0.1, -0.05) is 24.4 Å². The summed E-state index contributed by atoms with van der Waals surface area (Å²) in [5.41, 5.74) is 4.02. The van der Waals surface area contributed by atoms with Crippen LogP contribution in [-0.4, -0.2) is 18.3 Å². The van der Waals surface area contributed by atoms with E-state index < -0.39 is 0 Å². The van der Waals surface area contributed by atoms with Crippen molar-refractivity contribution in [3.05, 3.63) is 51.7 Å². The second-order valence-corrected chi connectivity index (χ2v) is 6.08. The van der Waals surface area contributed by atoms with Crippen molar-refractivity contribution in [2.45, 2.75) is 13.3 Å². The second kappa shape index (κ2) is 7.17. The van der Waals surface area contributed by atoms with E-state index in [0.717, 1.165) is 16.2 Å². The Morgan fingerprint density at radius 3 is 2.65 bits per heavy atom. The van der Waals surface area contributed by atoms with Gasteiger partial charge in [0.1, 0.15) is 10.7 Å². The second-order valence-electron chi connectivity index (χ2n) is 4.27. The minimum absolute atomic E-state index is 0.667. The molecule has 0 saturated carbocycles. The molecule has 0 radical (unpaired) electrons. The SMILES string of the molecule is COc1ccc(CC(=S)NN=Cc2ccc(C)s2)cc1. The number of hydrogen-bond donors (Lipinski definition) is 1. The van der Waals surface area contributed by atoms with Gasteiger partial charge in [-0.15, -0.1) is 11.3 Å². The maximum Gasteiger partial charge on any atom is 0.118 e. The van der Waals surface area contributed by atoms with Gasteiger partial charge in [-0.2, -0.15) is 5.10 Å². The van der Waals surface area contributed by atoms with E-state index in [-0.39, 0.29) is 0 Å². The highest BCUT2D eigenvalue weighted by molar-refractivity contribution is 7.80. The first-order chi connectivity index (χ1) is 9.67. The highest BCUT2D eigenvalue weighted by Gasteiger charge is 1.99. The van der Waals surface area contributed by atoms with Crippen LogP contribution in [0.3, 0.4) is 0 Å². The lowest BCUT2D eigenvalue weighted by Gasteiger charge is -2.04. The summed E-state index contributed by atoms with van der Waals surface area (Å²) in [5.74, 6) is 0.846. The molecule has 0 saturated heterocycles. The molecular formula is C15H16N2OS2. The predicted molar refractivity (Wildman–Crippen MR) is 89.1 cm³/mol. The summed E-state index contributed by atoms with van der Waals surface area (Å²) >= 11 is 6.97. The Morgan fingerprint density at radius 1 is 1.30 bits per heavy atom. The highest BCUT2D eigenvalue weighted by Crippen LogP contribution is 2.13. The molecule has 1 N–H and O–H groups in total. The Balaban J connectivity index is 1.84. The van der Waals surface area contributed by atoms with E-state index >= 15 is 0 Å². The third kappa shape index (κ3) is 4.43. The van der Waals surface area contributed by atoms with Crippen LogP contribution in [0.4, 0.5) is 0 Å². The molecule has 1 heterocycles. The average molecular weight is 304 g/mol. The van der Waals surface area contributed by atoms with Crippen LogP contribution in [0.25, 0.3) is 0 Å². The molecule has 0 amide bonds. The van der Waals surface area contributed by atoms with Gasteiger partial charge >= 0.3 is 0 Å². The third-order valence-electron chi connectivity index (χ3n) is 2.67. The van der Waals surface area contributed by atoms with Crippen molar-refractivity contribution in [2.75, 3.05) is 7.11 Å². The molecule has 1 aromatic carbocycles. The molecule has 2 aromatic rings.